The second kappa shape index (κ2) is 6.37. The molecule has 2 nitrogen and oxygen atoms in total. The summed E-state index contributed by atoms with van der Waals surface area (Å²) in [6.45, 7) is -0.0335. The Bertz CT molecular complexity index is 627. The van der Waals surface area contributed by atoms with Crippen LogP contribution in [0.3, 0.4) is 0 Å². The molecular weight excluding hydrogens is 367 g/mol. The van der Waals surface area contributed by atoms with Crippen LogP contribution in [-0.4, -0.2) is 12.2 Å². The number of hydrogen-bond acceptors (Lipinski definition) is 3. The minimum Gasteiger partial charge on any atom is -0.392 e. The molecule has 2 aromatic rings. The highest BCUT2D eigenvalue weighted by atomic mass is 79.9. The Labute approximate surface area is 133 Å². The Kier molecular flexibility index (Phi) is 4.95. The number of rotatable bonds is 4. The first kappa shape index (κ1) is 16.3. The van der Waals surface area contributed by atoms with Gasteiger partial charge in [0.05, 0.1) is 16.0 Å². The fourth-order valence-electron chi connectivity index (χ4n) is 2.03. The van der Waals surface area contributed by atoms with Gasteiger partial charge in [-0.15, -0.1) is 11.3 Å². The van der Waals surface area contributed by atoms with Gasteiger partial charge < -0.3 is 10.0 Å². The first-order chi connectivity index (χ1) is 9.81. The molecule has 1 heterocycles. The molecule has 0 fully saturated rings. The van der Waals surface area contributed by atoms with Gasteiger partial charge in [-0.2, -0.15) is 13.2 Å². The SMILES string of the molecule is CN(Cc1csc(Br)c1)c1ccc(CO)cc1C(F)(F)F. The van der Waals surface area contributed by atoms with Gasteiger partial charge in [0.25, 0.3) is 0 Å². The summed E-state index contributed by atoms with van der Waals surface area (Å²) >= 11 is 4.83. The standard InChI is InChI=1S/C14H13BrF3NOS/c1-19(6-10-5-13(15)21-8-10)12-3-2-9(7-20)4-11(12)14(16,17)18/h2-5,8,20H,6-7H2,1H3. The summed E-state index contributed by atoms with van der Waals surface area (Å²) in [4.78, 5) is 1.55. The Balaban J connectivity index is 2.33. The van der Waals surface area contributed by atoms with Crippen LogP contribution in [0.15, 0.2) is 33.4 Å². The van der Waals surface area contributed by atoms with Crippen LogP contribution in [0.4, 0.5) is 18.9 Å². The van der Waals surface area contributed by atoms with Crippen LogP contribution < -0.4 is 4.90 Å². The van der Waals surface area contributed by atoms with Gasteiger partial charge in [-0.3, -0.25) is 0 Å². The predicted octanol–water partition coefficient (Wildman–Crippen LogP) is 4.66. The van der Waals surface area contributed by atoms with E-state index in [4.69, 9.17) is 5.11 Å². The van der Waals surface area contributed by atoms with Gasteiger partial charge in [-0.1, -0.05) is 6.07 Å². The second-order valence-corrected chi connectivity index (χ2v) is 6.91. The van der Waals surface area contributed by atoms with Crippen molar-refractivity contribution in [3.05, 3.63) is 50.1 Å². The van der Waals surface area contributed by atoms with Crippen molar-refractivity contribution in [1.29, 1.82) is 0 Å². The van der Waals surface area contributed by atoms with Crippen LogP contribution in [0, 0.1) is 0 Å². The molecule has 21 heavy (non-hydrogen) atoms. The third-order valence-corrected chi connectivity index (χ3v) is 4.55. The van der Waals surface area contributed by atoms with Crippen molar-refractivity contribution < 1.29 is 18.3 Å². The maximum atomic E-state index is 13.2. The summed E-state index contributed by atoms with van der Waals surface area (Å²) < 4.78 is 40.4. The zero-order valence-electron chi connectivity index (χ0n) is 11.1. The zero-order valence-corrected chi connectivity index (χ0v) is 13.5. The molecule has 1 N–H and O–H groups in total. The van der Waals surface area contributed by atoms with Crippen molar-refractivity contribution in [1.82, 2.24) is 0 Å². The number of halogens is 4. The maximum absolute atomic E-state index is 13.2. The fraction of sp³-hybridized carbons (Fsp3) is 0.286. The molecule has 0 saturated carbocycles. The molecule has 0 amide bonds. The van der Waals surface area contributed by atoms with Crippen molar-refractivity contribution in [2.24, 2.45) is 0 Å². The number of anilines is 1. The maximum Gasteiger partial charge on any atom is 0.418 e. The van der Waals surface area contributed by atoms with Crippen LogP contribution in [0.25, 0.3) is 0 Å². The molecule has 7 heteroatoms. The summed E-state index contributed by atoms with van der Waals surface area (Å²) in [5.74, 6) is 0. The molecule has 1 aromatic heterocycles. The second-order valence-electron chi connectivity index (χ2n) is 4.62. The molecule has 0 spiro atoms. The summed E-state index contributed by atoms with van der Waals surface area (Å²) in [5.41, 5.74) is 0.555. The van der Waals surface area contributed by atoms with E-state index in [1.807, 2.05) is 11.4 Å². The number of thiophene rings is 1. The van der Waals surface area contributed by atoms with E-state index in [2.05, 4.69) is 15.9 Å². The number of hydrogen-bond donors (Lipinski definition) is 1. The molecular formula is C14H13BrF3NOS. The molecule has 0 aliphatic carbocycles. The lowest BCUT2D eigenvalue weighted by Crippen LogP contribution is -2.21. The lowest BCUT2D eigenvalue weighted by molar-refractivity contribution is -0.137. The van der Waals surface area contributed by atoms with E-state index in [-0.39, 0.29) is 11.3 Å². The minimum absolute atomic E-state index is 0.0991. The van der Waals surface area contributed by atoms with Gasteiger partial charge in [0.15, 0.2) is 0 Å². The molecule has 0 saturated heterocycles. The molecule has 0 radical (unpaired) electrons. The van der Waals surface area contributed by atoms with Gasteiger partial charge >= 0.3 is 6.18 Å². The average molecular weight is 380 g/mol. The van der Waals surface area contributed by atoms with Crippen LogP contribution in [0.2, 0.25) is 0 Å². The van der Waals surface area contributed by atoms with Crippen LogP contribution >= 0.6 is 27.3 Å². The predicted molar refractivity (Wildman–Crippen MR) is 81.5 cm³/mol. The van der Waals surface area contributed by atoms with Gasteiger partial charge in [0.2, 0.25) is 0 Å². The van der Waals surface area contributed by atoms with Gasteiger partial charge in [-0.05, 0) is 50.6 Å². The van der Waals surface area contributed by atoms with Gasteiger partial charge in [0.1, 0.15) is 0 Å². The normalized spacial score (nSPS) is 11.7. The molecule has 0 bridgehead atoms. The molecule has 0 atom stereocenters. The first-order valence-electron chi connectivity index (χ1n) is 6.06. The van der Waals surface area contributed by atoms with Gasteiger partial charge in [0, 0.05) is 19.3 Å². The fourth-order valence-corrected chi connectivity index (χ4v) is 3.23. The van der Waals surface area contributed by atoms with Crippen molar-refractivity contribution in [3.63, 3.8) is 0 Å². The Morgan fingerprint density at radius 1 is 1.24 bits per heavy atom. The molecule has 0 aliphatic heterocycles. The quantitative estimate of drug-likeness (QED) is 0.834. The Morgan fingerprint density at radius 3 is 2.48 bits per heavy atom. The summed E-state index contributed by atoms with van der Waals surface area (Å²) in [5, 5.41) is 10.9. The first-order valence-corrected chi connectivity index (χ1v) is 7.73. The number of aliphatic hydroxyl groups is 1. The Hall–Kier alpha value is -1.05. The molecule has 1 aromatic carbocycles. The average Bonchev–Trinajstić information content (AvgIpc) is 2.82. The van der Waals surface area contributed by atoms with Crippen molar-refractivity contribution >= 4 is 33.0 Å². The minimum atomic E-state index is -4.45. The van der Waals surface area contributed by atoms with Crippen molar-refractivity contribution in [3.8, 4) is 0 Å². The number of benzene rings is 1. The Morgan fingerprint density at radius 2 is 1.95 bits per heavy atom. The largest absolute Gasteiger partial charge is 0.418 e. The van der Waals surface area contributed by atoms with Gasteiger partial charge in [-0.25, -0.2) is 0 Å². The number of alkyl halides is 3. The smallest absolute Gasteiger partial charge is 0.392 e. The zero-order chi connectivity index (χ0) is 15.6. The summed E-state index contributed by atoms with van der Waals surface area (Å²) in [6.07, 6.45) is -4.45. The highest BCUT2D eigenvalue weighted by Gasteiger charge is 2.34. The van der Waals surface area contributed by atoms with E-state index < -0.39 is 18.3 Å². The number of nitrogens with zero attached hydrogens (tertiary/aromatic N) is 1. The molecule has 114 valence electrons. The third kappa shape index (κ3) is 3.99. The molecule has 0 unspecified atom stereocenters. The van der Waals surface area contributed by atoms with Crippen LogP contribution in [0.5, 0.6) is 0 Å². The highest BCUT2D eigenvalue weighted by Crippen LogP contribution is 2.37. The van der Waals surface area contributed by atoms with E-state index in [1.54, 1.807) is 11.9 Å². The van der Waals surface area contributed by atoms with Crippen molar-refractivity contribution in [2.45, 2.75) is 19.3 Å². The third-order valence-electron chi connectivity index (χ3n) is 3.00. The van der Waals surface area contributed by atoms with E-state index in [0.717, 1.165) is 15.4 Å². The number of aliphatic hydroxyl groups excluding tert-OH is 1. The topological polar surface area (TPSA) is 23.5 Å². The monoisotopic (exact) mass is 379 g/mol. The lowest BCUT2D eigenvalue weighted by atomic mass is 10.1. The van der Waals surface area contributed by atoms with Crippen LogP contribution in [-0.2, 0) is 19.3 Å². The van der Waals surface area contributed by atoms with E-state index in [1.165, 1.54) is 23.5 Å². The lowest BCUT2D eigenvalue weighted by Gasteiger charge is -2.23. The highest BCUT2D eigenvalue weighted by molar-refractivity contribution is 9.11. The van der Waals surface area contributed by atoms with E-state index in [9.17, 15) is 13.2 Å². The summed E-state index contributed by atoms with van der Waals surface area (Å²) in [6, 6.07) is 5.78. The van der Waals surface area contributed by atoms with Crippen molar-refractivity contribution in [2.75, 3.05) is 11.9 Å². The van der Waals surface area contributed by atoms with Crippen LogP contribution in [0.1, 0.15) is 16.7 Å². The summed E-state index contributed by atoms with van der Waals surface area (Å²) in [7, 11) is 1.62. The molecule has 2 rings (SSSR count). The van der Waals surface area contributed by atoms with E-state index in [0.29, 0.717) is 6.54 Å². The van der Waals surface area contributed by atoms with E-state index >= 15 is 0 Å². The molecule has 0 aliphatic rings.